The first-order chi connectivity index (χ1) is 12.3. The Morgan fingerprint density at radius 1 is 1.27 bits per heavy atom. The van der Waals surface area contributed by atoms with Crippen molar-refractivity contribution in [2.24, 2.45) is 0 Å². The maximum atomic E-state index is 12.6. The average Bonchev–Trinajstić information content (AvgIpc) is 3.26. The molecule has 1 atom stereocenters. The van der Waals surface area contributed by atoms with Crippen LogP contribution >= 0.6 is 11.3 Å². The van der Waals surface area contributed by atoms with E-state index in [4.69, 9.17) is 9.47 Å². The minimum absolute atomic E-state index is 0.0158. The molecule has 0 aliphatic carbocycles. The molecule has 0 saturated carbocycles. The number of thiazole rings is 1. The summed E-state index contributed by atoms with van der Waals surface area (Å²) < 4.78 is 33.8. The zero-order chi connectivity index (χ0) is 18.9. The van der Waals surface area contributed by atoms with Crippen molar-refractivity contribution < 1.29 is 22.7 Å². The van der Waals surface area contributed by atoms with Gasteiger partial charge in [-0.2, -0.15) is 0 Å². The quantitative estimate of drug-likeness (QED) is 0.769. The Morgan fingerprint density at radius 2 is 2.00 bits per heavy atom. The minimum atomic E-state index is -3.05. The van der Waals surface area contributed by atoms with E-state index >= 15 is 0 Å². The van der Waals surface area contributed by atoms with Crippen LogP contribution in [0, 0.1) is 0 Å². The lowest BCUT2D eigenvalue weighted by atomic mass is 10.2. The summed E-state index contributed by atoms with van der Waals surface area (Å²) in [5, 5.41) is 2.37. The molecule has 1 unspecified atom stereocenters. The molecule has 0 bridgehead atoms. The Bertz CT molecular complexity index is 923. The second kappa shape index (κ2) is 7.24. The number of carbonyl (C=O) groups excluding carboxylic acids is 1. The lowest BCUT2D eigenvalue weighted by molar-refractivity contribution is 0.0742. The van der Waals surface area contributed by atoms with Crippen LogP contribution in [0.2, 0.25) is 0 Å². The highest BCUT2D eigenvalue weighted by molar-refractivity contribution is 7.91. The molecule has 3 rings (SSSR count). The van der Waals surface area contributed by atoms with Crippen molar-refractivity contribution in [2.45, 2.75) is 12.5 Å². The van der Waals surface area contributed by atoms with Gasteiger partial charge in [-0.15, -0.1) is 11.3 Å². The van der Waals surface area contributed by atoms with Crippen LogP contribution in [0.25, 0.3) is 10.6 Å². The van der Waals surface area contributed by atoms with Crippen molar-refractivity contribution in [1.82, 2.24) is 9.88 Å². The zero-order valence-electron chi connectivity index (χ0n) is 14.8. The molecule has 1 aromatic heterocycles. The van der Waals surface area contributed by atoms with Crippen LogP contribution in [0.3, 0.4) is 0 Å². The van der Waals surface area contributed by atoms with E-state index in [9.17, 15) is 13.2 Å². The predicted molar refractivity (Wildman–Crippen MR) is 99.8 cm³/mol. The Morgan fingerprint density at radius 3 is 2.62 bits per heavy atom. The van der Waals surface area contributed by atoms with Crippen LogP contribution in [-0.4, -0.2) is 63.0 Å². The van der Waals surface area contributed by atoms with Gasteiger partial charge in [-0.05, 0) is 24.6 Å². The normalized spacial score (nSPS) is 18.5. The fourth-order valence-corrected chi connectivity index (χ4v) is 5.47. The summed E-state index contributed by atoms with van der Waals surface area (Å²) >= 11 is 1.35. The fraction of sp³-hybridized carbons (Fsp3) is 0.412. The molecule has 0 N–H and O–H groups in total. The molecule has 1 aliphatic rings. The third-order valence-corrected chi connectivity index (χ3v) is 7.07. The third-order valence-electron chi connectivity index (χ3n) is 4.43. The van der Waals surface area contributed by atoms with Crippen molar-refractivity contribution in [3.8, 4) is 22.1 Å². The highest BCUT2D eigenvalue weighted by Gasteiger charge is 2.33. The van der Waals surface area contributed by atoms with Crippen molar-refractivity contribution in [3.05, 3.63) is 29.3 Å². The van der Waals surface area contributed by atoms with Gasteiger partial charge in [0.15, 0.2) is 21.3 Å². The van der Waals surface area contributed by atoms with Crippen molar-refractivity contribution in [2.75, 3.05) is 32.8 Å². The maximum Gasteiger partial charge on any atom is 0.273 e. The number of rotatable bonds is 5. The van der Waals surface area contributed by atoms with E-state index in [1.807, 2.05) is 6.07 Å². The third kappa shape index (κ3) is 3.68. The molecule has 0 radical (unpaired) electrons. The van der Waals surface area contributed by atoms with Crippen LogP contribution in [-0.2, 0) is 9.84 Å². The molecule has 2 aromatic rings. The molecule has 0 spiro atoms. The molecular formula is C17H20N2O5S2. The molecule has 1 aromatic carbocycles. The lowest BCUT2D eigenvalue weighted by Gasteiger charge is -2.22. The molecule has 140 valence electrons. The van der Waals surface area contributed by atoms with Crippen LogP contribution in [0.5, 0.6) is 11.5 Å². The van der Waals surface area contributed by atoms with Crippen LogP contribution < -0.4 is 9.47 Å². The van der Waals surface area contributed by atoms with Crippen molar-refractivity contribution >= 4 is 27.1 Å². The van der Waals surface area contributed by atoms with Crippen LogP contribution in [0.4, 0.5) is 0 Å². The topological polar surface area (TPSA) is 85.8 Å². The Balaban J connectivity index is 1.80. The lowest BCUT2D eigenvalue weighted by Crippen LogP contribution is -2.38. The minimum Gasteiger partial charge on any atom is -0.493 e. The van der Waals surface area contributed by atoms with E-state index in [1.54, 1.807) is 38.8 Å². The summed E-state index contributed by atoms with van der Waals surface area (Å²) in [6.07, 6.45) is 0.469. The van der Waals surface area contributed by atoms with Gasteiger partial charge in [0, 0.05) is 24.0 Å². The summed E-state index contributed by atoms with van der Waals surface area (Å²) in [5.74, 6) is 1.08. The largest absolute Gasteiger partial charge is 0.493 e. The van der Waals surface area contributed by atoms with Gasteiger partial charge in [0.25, 0.3) is 5.91 Å². The first-order valence-electron chi connectivity index (χ1n) is 8.00. The fourth-order valence-electron chi connectivity index (χ4n) is 2.90. The van der Waals surface area contributed by atoms with Crippen LogP contribution in [0.15, 0.2) is 23.6 Å². The van der Waals surface area contributed by atoms with Gasteiger partial charge in [0.2, 0.25) is 0 Å². The smallest absolute Gasteiger partial charge is 0.273 e. The molecule has 2 heterocycles. The van der Waals surface area contributed by atoms with E-state index in [0.29, 0.717) is 28.6 Å². The number of methoxy groups -OCH3 is 2. The number of benzene rings is 1. The molecule has 26 heavy (non-hydrogen) atoms. The molecule has 1 saturated heterocycles. The maximum absolute atomic E-state index is 12.6. The first-order valence-corrected chi connectivity index (χ1v) is 10.7. The molecule has 1 fully saturated rings. The van der Waals surface area contributed by atoms with Gasteiger partial charge in [-0.3, -0.25) is 4.79 Å². The molecule has 9 heteroatoms. The highest BCUT2D eigenvalue weighted by atomic mass is 32.2. The molecule has 1 aliphatic heterocycles. The van der Waals surface area contributed by atoms with Gasteiger partial charge in [-0.25, -0.2) is 13.4 Å². The standard InChI is InChI=1S/C17H20N2O5S2/c1-19(12-6-7-26(21,22)10-12)17(20)13-9-25-16(18-13)11-4-5-14(23-2)15(8-11)24-3/h4-5,8-9,12H,6-7,10H2,1-3H3. The number of ether oxygens (including phenoxy) is 2. The van der Waals surface area contributed by atoms with Gasteiger partial charge >= 0.3 is 0 Å². The number of amides is 1. The molecule has 7 nitrogen and oxygen atoms in total. The number of nitrogens with zero attached hydrogens (tertiary/aromatic N) is 2. The molecular weight excluding hydrogens is 376 g/mol. The number of hydrogen-bond acceptors (Lipinski definition) is 7. The second-order valence-electron chi connectivity index (χ2n) is 6.08. The number of hydrogen-bond donors (Lipinski definition) is 0. The second-order valence-corrected chi connectivity index (χ2v) is 9.17. The van der Waals surface area contributed by atoms with Gasteiger partial charge in [0.05, 0.1) is 25.7 Å². The zero-order valence-corrected chi connectivity index (χ0v) is 16.4. The number of carbonyl (C=O) groups is 1. The number of sulfone groups is 1. The Hall–Kier alpha value is -2.13. The Kier molecular flexibility index (Phi) is 5.19. The van der Waals surface area contributed by atoms with Crippen molar-refractivity contribution in [1.29, 1.82) is 0 Å². The van der Waals surface area contributed by atoms with E-state index in [0.717, 1.165) is 5.56 Å². The van der Waals surface area contributed by atoms with E-state index in [1.165, 1.54) is 16.2 Å². The Labute approximate surface area is 156 Å². The first kappa shape index (κ1) is 18.7. The number of aromatic nitrogens is 1. The summed E-state index contributed by atoms with van der Waals surface area (Å²) in [7, 11) is 1.71. The summed E-state index contributed by atoms with van der Waals surface area (Å²) in [4.78, 5) is 18.5. The van der Waals surface area contributed by atoms with Gasteiger partial charge in [-0.1, -0.05) is 0 Å². The summed E-state index contributed by atoms with van der Waals surface area (Å²) in [6, 6.07) is 5.15. The summed E-state index contributed by atoms with van der Waals surface area (Å²) in [5.41, 5.74) is 1.13. The van der Waals surface area contributed by atoms with Gasteiger partial charge < -0.3 is 14.4 Å². The summed E-state index contributed by atoms with van der Waals surface area (Å²) in [6.45, 7) is 0. The van der Waals surface area contributed by atoms with Crippen LogP contribution in [0.1, 0.15) is 16.9 Å². The predicted octanol–water partition coefficient (Wildman–Crippen LogP) is 2.09. The average molecular weight is 396 g/mol. The van der Waals surface area contributed by atoms with E-state index in [-0.39, 0.29) is 23.5 Å². The van der Waals surface area contributed by atoms with E-state index < -0.39 is 9.84 Å². The van der Waals surface area contributed by atoms with Crippen molar-refractivity contribution in [3.63, 3.8) is 0 Å². The van der Waals surface area contributed by atoms with Gasteiger partial charge in [0.1, 0.15) is 10.7 Å². The molecule has 1 amide bonds. The SMILES string of the molecule is COc1ccc(-c2nc(C(=O)N(C)C3CCS(=O)(=O)C3)cs2)cc1OC. The monoisotopic (exact) mass is 396 g/mol. The van der Waals surface area contributed by atoms with E-state index in [2.05, 4.69) is 4.98 Å². The highest BCUT2D eigenvalue weighted by Crippen LogP contribution is 2.33.